The fraction of sp³-hybridized carbons (Fsp3) is 0.367. The van der Waals surface area contributed by atoms with Crippen molar-refractivity contribution in [3.05, 3.63) is 93.9 Å². The molecule has 0 fully saturated rings. The van der Waals surface area contributed by atoms with Gasteiger partial charge in [0.05, 0.1) is 26.4 Å². The molecule has 2 heterocycles. The molecule has 0 saturated heterocycles. The Kier molecular flexibility index (Phi) is 9.38. The number of amides is 2. The van der Waals surface area contributed by atoms with E-state index in [4.69, 9.17) is 14.2 Å². The van der Waals surface area contributed by atoms with Gasteiger partial charge in [-0.15, -0.1) is 0 Å². The number of aromatic nitrogens is 1. The van der Waals surface area contributed by atoms with Crippen molar-refractivity contribution in [1.29, 1.82) is 0 Å². The number of hydrogen-bond donors (Lipinski definition) is 1. The third-order valence-corrected chi connectivity index (χ3v) is 6.88. The largest absolute Gasteiger partial charge is 0.487 e. The van der Waals surface area contributed by atoms with E-state index in [9.17, 15) is 14.4 Å². The highest BCUT2D eigenvalue weighted by atomic mass is 16.5. The molecular formula is C30H35N3O6. The third kappa shape index (κ3) is 6.15. The number of benzene rings is 2. The molecule has 0 bridgehead atoms. The van der Waals surface area contributed by atoms with Gasteiger partial charge in [-0.05, 0) is 17.5 Å². The number of ether oxygens (including phenoxy) is 3. The number of carbonyl (C=O) groups is 2. The molecule has 2 aromatic carbocycles. The molecule has 206 valence electrons. The normalized spacial score (nSPS) is 14.7. The SMILES string of the molecule is CCCCOc1c2n(cc(NC(=O)OC)c1=O)[C@@H](C(c1ccccc1)c1ccccc1)CN(CCOC)C2=O. The van der Waals surface area contributed by atoms with Crippen molar-refractivity contribution in [2.45, 2.75) is 31.7 Å². The smallest absolute Gasteiger partial charge is 0.411 e. The van der Waals surface area contributed by atoms with E-state index in [-0.39, 0.29) is 41.6 Å². The molecule has 1 N–H and O–H groups in total. The monoisotopic (exact) mass is 533 g/mol. The molecule has 9 heteroatoms. The number of nitrogens with one attached hydrogen (secondary N) is 1. The first-order valence-electron chi connectivity index (χ1n) is 13.1. The lowest BCUT2D eigenvalue weighted by molar-refractivity contribution is 0.0580. The van der Waals surface area contributed by atoms with Gasteiger partial charge in [0.1, 0.15) is 5.69 Å². The first-order chi connectivity index (χ1) is 19.0. The van der Waals surface area contributed by atoms with Crippen LogP contribution in [0.2, 0.25) is 0 Å². The van der Waals surface area contributed by atoms with Crippen LogP contribution in [-0.4, -0.2) is 62.0 Å². The molecule has 4 rings (SSSR count). The van der Waals surface area contributed by atoms with Crippen LogP contribution in [0.5, 0.6) is 5.75 Å². The molecular weight excluding hydrogens is 498 g/mol. The van der Waals surface area contributed by atoms with E-state index in [0.717, 1.165) is 17.5 Å². The second kappa shape index (κ2) is 13.1. The predicted octanol–water partition coefficient (Wildman–Crippen LogP) is 4.68. The van der Waals surface area contributed by atoms with Gasteiger partial charge in [0.2, 0.25) is 5.43 Å². The molecule has 0 unspecified atom stereocenters. The van der Waals surface area contributed by atoms with Gasteiger partial charge in [0.15, 0.2) is 11.4 Å². The zero-order valence-corrected chi connectivity index (χ0v) is 22.6. The van der Waals surface area contributed by atoms with Gasteiger partial charge in [0, 0.05) is 32.3 Å². The Bertz CT molecular complexity index is 1290. The fourth-order valence-corrected chi connectivity index (χ4v) is 4.95. The number of pyridine rings is 1. The van der Waals surface area contributed by atoms with Gasteiger partial charge in [-0.3, -0.25) is 14.9 Å². The second-order valence-corrected chi connectivity index (χ2v) is 9.39. The summed E-state index contributed by atoms with van der Waals surface area (Å²) in [6, 6.07) is 19.8. The highest BCUT2D eigenvalue weighted by Crippen LogP contribution is 2.40. The van der Waals surface area contributed by atoms with Crippen LogP contribution in [-0.2, 0) is 9.47 Å². The zero-order chi connectivity index (χ0) is 27.8. The maximum atomic E-state index is 13.9. The minimum atomic E-state index is -0.782. The lowest BCUT2D eigenvalue weighted by Crippen LogP contribution is -2.47. The highest BCUT2D eigenvalue weighted by Gasteiger charge is 2.39. The van der Waals surface area contributed by atoms with Gasteiger partial charge in [0.25, 0.3) is 5.91 Å². The number of nitrogens with zero attached hydrogens (tertiary/aromatic N) is 2. The summed E-state index contributed by atoms with van der Waals surface area (Å²) in [5, 5.41) is 2.52. The van der Waals surface area contributed by atoms with Crippen LogP contribution in [0.4, 0.5) is 10.5 Å². The molecule has 0 spiro atoms. The standard InChI is InChI=1S/C30H35N3O6/c1-4-5-17-39-28-26-29(35)32(16-18-37-2)20-24(33(26)19-23(27(28)34)31-30(36)38-3)25(21-12-8-6-9-13-21)22-14-10-7-11-15-22/h6-15,19,24-25H,4-5,16-18,20H2,1-3H3,(H,31,36)/t24-/m1/s1. The van der Waals surface area contributed by atoms with Crippen LogP contribution >= 0.6 is 0 Å². The van der Waals surface area contributed by atoms with Gasteiger partial charge in [-0.25, -0.2) is 4.79 Å². The minimum absolute atomic E-state index is 0.0138. The lowest BCUT2D eigenvalue weighted by Gasteiger charge is -2.41. The van der Waals surface area contributed by atoms with Crippen LogP contribution in [0.25, 0.3) is 0 Å². The summed E-state index contributed by atoms with van der Waals surface area (Å²) in [7, 11) is 2.82. The van der Waals surface area contributed by atoms with Gasteiger partial charge in [-0.2, -0.15) is 0 Å². The van der Waals surface area contributed by atoms with Crippen molar-refractivity contribution in [2.24, 2.45) is 0 Å². The summed E-state index contributed by atoms with van der Waals surface area (Å²) >= 11 is 0. The van der Waals surface area contributed by atoms with E-state index < -0.39 is 11.5 Å². The lowest BCUT2D eigenvalue weighted by atomic mass is 9.83. The van der Waals surface area contributed by atoms with Crippen molar-refractivity contribution in [3.63, 3.8) is 0 Å². The van der Waals surface area contributed by atoms with E-state index in [1.54, 1.807) is 16.6 Å². The van der Waals surface area contributed by atoms with Crippen LogP contribution in [0.15, 0.2) is 71.7 Å². The summed E-state index contributed by atoms with van der Waals surface area (Å²) < 4.78 is 17.8. The third-order valence-electron chi connectivity index (χ3n) is 6.88. The molecule has 3 aromatic rings. The van der Waals surface area contributed by atoms with E-state index in [1.807, 2.05) is 43.3 Å². The zero-order valence-electron chi connectivity index (χ0n) is 22.6. The van der Waals surface area contributed by atoms with E-state index in [1.165, 1.54) is 13.3 Å². The minimum Gasteiger partial charge on any atom is -0.487 e. The summed E-state index contributed by atoms with van der Waals surface area (Å²) in [4.78, 5) is 41.3. The summed E-state index contributed by atoms with van der Waals surface area (Å²) in [6.07, 6.45) is 2.31. The molecule has 1 aromatic heterocycles. The number of methoxy groups -OCH3 is 2. The number of anilines is 1. The summed E-state index contributed by atoms with van der Waals surface area (Å²) in [5.74, 6) is -0.577. The number of rotatable bonds is 11. The Morgan fingerprint density at radius 2 is 1.64 bits per heavy atom. The Morgan fingerprint density at radius 3 is 2.21 bits per heavy atom. The van der Waals surface area contributed by atoms with Crippen LogP contribution in [0.1, 0.15) is 53.3 Å². The van der Waals surface area contributed by atoms with Gasteiger partial charge >= 0.3 is 6.09 Å². The topological polar surface area (TPSA) is 99.1 Å². The second-order valence-electron chi connectivity index (χ2n) is 9.39. The Morgan fingerprint density at radius 1 is 1.00 bits per heavy atom. The van der Waals surface area contributed by atoms with Crippen LogP contribution < -0.4 is 15.5 Å². The molecule has 9 nitrogen and oxygen atoms in total. The molecule has 2 amide bonds. The molecule has 1 aliphatic rings. The average Bonchev–Trinajstić information content (AvgIpc) is 2.96. The number of fused-ring (bicyclic) bond motifs is 1. The van der Waals surface area contributed by atoms with E-state index in [0.29, 0.717) is 26.1 Å². The first kappa shape index (κ1) is 27.9. The quantitative estimate of drug-likeness (QED) is 0.360. The number of hydrogen-bond acceptors (Lipinski definition) is 6. The van der Waals surface area contributed by atoms with Crippen LogP contribution in [0.3, 0.4) is 0 Å². The predicted molar refractivity (Wildman–Crippen MR) is 149 cm³/mol. The van der Waals surface area contributed by atoms with Gasteiger partial charge < -0.3 is 23.7 Å². The highest BCUT2D eigenvalue weighted by molar-refractivity contribution is 5.97. The van der Waals surface area contributed by atoms with Gasteiger partial charge in [-0.1, -0.05) is 74.0 Å². The number of unbranched alkanes of at least 4 members (excludes halogenated alkanes) is 1. The first-order valence-corrected chi connectivity index (χ1v) is 13.1. The van der Waals surface area contributed by atoms with E-state index >= 15 is 0 Å². The molecule has 0 saturated carbocycles. The molecule has 1 aliphatic heterocycles. The Balaban J connectivity index is 1.97. The van der Waals surface area contributed by atoms with Crippen molar-refractivity contribution in [1.82, 2.24) is 9.47 Å². The molecule has 39 heavy (non-hydrogen) atoms. The summed E-state index contributed by atoms with van der Waals surface area (Å²) in [6.45, 7) is 3.33. The summed E-state index contributed by atoms with van der Waals surface area (Å²) in [5.41, 5.74) is 1.68. The van der Waals surface area contributed by atoms with Crippen molar-refractivity contribution < 1.29 is 23.8 Å². The molecule has 0 radical (unpaired) electrons. The molecule has 1 atom stereocenters. The Hall–Kier alpha value is -4.11. The van der Waals surface area contributed by atoms with Crippen molar-refractivity contribution in [2.75, 3.05) is 45.8 Å². The maximum absolute atomic E-state index is 13.9. The van der Waals surface area contributed by atoms with Crippen molar-refractivity contribution >= 4 is 17.7 Å². The Labute approximate surface area is 228 Å². The average molecular weight is 534 g/mol. The fourth-order valence-electron chi connectivity index (χ4n) is 4.95. The van der Waals surface area contributed by atoms with E-state index in [2.05, 4.69) is 29.6 Å². The van der Waals surface area contributed by atoms with Crippen LogP contribution in [0, 0.1) is 0 Å². The maximum Gasteiger partial charge on any atom is 0.411 e. The van der Waals surface area contributed by atoms with Crippen molar-refractivity contribution in [3.8, 4) is 5.75 Å². The molecule has 0 aliphatic carbocycles. The number of carbonyl (C=O) groups excluding carboxylic acids is 2.